The summed E-state index contributed by atoms with van der Waals surface area (Å²) in [5.41, 5.74) is 1.26. The van der Waals surface area contributed by atoms with Crippen LogP contribution in [-0.2, 0) is 11.3 Å². The van der Waals surface area contributed by atoms with Crippen LogP contribution in [0.1, 0.15) is 26.0 Å². The summed E-state index contributed by atoms with van der Waals surface area (Å²) >= 11 is 3.55. The van der Waals surface area contributed by atoms with Crippen LogP contribution < -0.4 is 5.32 Å². The monoisotopic (exact) mass is 299 g/mol. The van der Waals surface area contributed by atoms with Gasteiger partial charge >= 0.3 is 0 Å². The molecule has 2 rings (SSSR count). The maximum absolute atomic E-state index is 5.06. The van der Waals surface area contributed by atoms with Gasteiger partial charge in [-0.05, 0) is 6.42 Å². The Balaban J connectivity index is 2.12. The Kier molecular flexibility index (Phi) is 5.69. The molecule has 1 atom stereocenters. The highest BCUT2D eigenvalue weighted by atomic mass is 32.2. The number of ether oxygens (including phenoxy) is 1. The maximum Gasteiger partial charge on any atom is 0.194 e. The molecule has 0 spiro atoms. The van der Waals surface area contributed by atoms with Gasteiger partial charge in [0.25, 0.3) is 0 Å². The van der Waals surface area contributed by atoms with Gasteiger partial charge in [0.1, 0.15) is 5.03 Å². The van der Waals surface area contributed by atoms with E-state index in [4.69, 9.17) is 9.72 Å². The fourth-order valence-electron chi connectivity index (χ4n) is 1.72. The number of hydrogen-bond acceptors (Lipinski definition) is 5. The molecule has 0 radical (unpaired) electrons. The quantitative estimate of drug-likeness (QED) is 0.601. The lowest BCUT2D eigenvalue weighted by Gasteiger charge is -2.09. The first kappa shape index (κ1) is 14.8. The molecule has 1 N–H and O–H groups in total. The average Bonchev–Trinajstić information content (AvgIpc) is 2.96. The van der Waals surface area contributed by atoms with E-state index in [1.807, 2.05) is 11.8 Å². The highest BCUT2D eigenvalue weighted by Crippen LogP contribution is 2.29. The lowest BCUT2D eigenvalue weighted by atomic mass is 10.4. The number of aromatic nitrogens is 2. The van der Waals surface area contributed by atoms with Crippen molar-refractivity contribution < 1.29 is 4.74 Å². The smallest absolute Gasteiger partial charge is 0.194 e. The fourth-order valence-corrected chi connectivity index (χ4v) is 3.51. The van der Waals surface area contributed by atoms with E-state index in [1.165, 1.54) is 5.69 Å². The maximum atomic E-state index is 5.06. The predicted octanol–water partition coefficient (Wildman–Crippen LogP) is 3.02. The number of thiazole rings is 1. The summed E-state index contributed by atoms with van der Waals surface area (Å²) in [6.45, 7) is 6.90. The van der Waals surface area contributed by atoms with Gasteiger partial charge in [-0.15, -0.1) is 23.1 Å². The average molecular weight is 299 g/mol. The van der Waals surface area contributed by atoms with Crippen molar-refractivity contribution in [3.63, 3.8) is 0 Å². The van der Waals surface area contributed by atoms with E-state index in [1.54, 1.807) is 18.4 Å². The molecule has 0 aliphatic heterocycles. The molecular formula is C13H21N3OS2. The molecular weight excluding hydrogens is 278 g/mol. The minimum absolute atomic E-state index is 0.599. The van der Waals surface area contributed by atoms with E-state index in [-0.39, 0.29) is 0 Å². The Hall–Kier alpha value is -0.560. The Bertz CT molecular complexity index is 509. The van der Waals surface area contributed by atoms with Gasteiger partial charge in [-0.3, -0.25) is 4.40 Å². The van der Waals surface area contributed by atoms with Crippen LogP contribution in [-0.4, -0.2) is 34.9 Å². The molecule has 0 aliphatic rings. The molecule has 6 heteroatoms. The van der Waals surface area contributed by atoms with Crippen molar-refractivity contribution in [2.75, 3.05) is 20.3 Å². The number of thioether (sulfide) groups is 1. The van der Waals surface area contributed by atoms with Gasteiger partial charge in [-0.25, -0.2) is 4.98 Å². The Labute approximate surface area is 122 Å². The van der Waals surface area contributed by atoms with Gasteiger partial charge in [0, 0.05) is 37.0 Å². The van der Waals surface area contributed by atoms with Crippen LogP contribution in [0.4, 0.5) is 0 Å². The van der Waals surface area contributed by atoms with Gasteiger partial charge in [-0.1, -0.05) is 13.8 Å². The molecule has 0 amide bonds. The van der Waals surface area contributed by atoms with Crippen LogP contribution in [0.5, 0.6) is 0 Å². The van der Waals surface area contributed by atoms with Crippen LogP contribution in [0.25, 0.3) is 4.96 Å². The molecule has 1 unspecified atom stereocenters. The third kappa shape index (κ3) is 3.72. The largest absolute Gasteiger partial charge is 0.383 e. The second-order valence-corrected chi connectivity index (χ2v) is 6.73. The Morgan fingerprint density at radius 1 is 1.58 bits per heavy atom. The van der Waals surface area contributed by atoms with Gasteiger partial charge in [-0.2, -0.15) is 0 Å². The van der Waals surface area contributed by atoms with Crippen LogP contribution in [0, 0.1) is 0 Å². The number of methoxy groups -OCH3 is 1. The zero-order chi connectivity index (χ0) is 13.7. The molecule has 2 heterocycles. The fraction of sp³-hybridized carbons (Fsp3) is 0.615. The van der Waals surface area contributed by atoms with Crippen LogP contribution >= 0.6 is 23.1 Å². The van der Waals surface area contributed by atoms with Crippen molar-refractivity contribution in [3.05, 3.63) is 17.3 Å². The minimum Gasteiger partial charge on any atom is -0.383 e. The lowest BCUT2D eigenvalue weighted by molar-refractivity contribution is 0.199. The van der Waals surface area contributed by atoms with Gasteiger partial charge in [0.15, 0.2) is 4.96 Å². The third-order valence-electron chi connectivity index (χ3n) is 2.99. The summed E-state index contributed by atoms with van der Waals surface area (Å²) in [4.78, 5) is 5.81. The molecule has 106 valence electrons. The van der Waals surface area contributed by atoms with E-state index in [0.717, 1.165) is 36.1 Å². The first-order valence-corrected chi connectivity index (χ1v) is 8.33. The van der Waals surface area contributed by atoms with Crippen LogP contribution in [0.2, 0.25) is 0 Å². The van der Waals surface area contributed by atoms with Crippen molar-refractivity contribution in [3.8, 4) is 0 Å². The van der Waals surface area contributed by atoms with Crippen molar-refractivity contribution >= 4 is 28.1 Å². The molecule has 2 aromatic heterocycles. The Morgan fingerprint density at radius 3 is 3.16 bits per heavy atom. The van der Waals surface area contributed by atoms with Gasteiger partial charge in [0.05, 0.1) is 12.3 Å². The van der Waals surface area contributed by atoms with Crippen molar-refractivity contribution in [1.29, 1.82) is 0 Å². The number of rotatable bonds is 8. The second kappa shape index (κ2) is 7.28. The summed E-state index contributed by atoms with van der Waals surface area (Å²) < 4.78 is 7.25. The van der Waals surface area contributed by atoms with E-state index in [2.05, 4.69) is 35.1 Å². The van der Waals surface area contributed by atoms with E-state index in [9.17, 15) is 0 Å². The van der Waals surface area contributed by atoms with Gasteiger partial charge < -0.3 is 10.1 Å². The molecule has 19 heavy (non-hydrogen) atoms. The minimum atomic E-state index is 0.599. The molecule has 0 saturated carbocycles. The second-order valence-electron chi connectivity index (χ2n) is 4.43. The number of nitrogens with one attached hydrogen (secondary N) is 1. The summed E-state index contributed by atoms with van der Waals surface area (Å²) in [5.74, 6) is 0. The third-order valence-corrected chi connectivity index (χ3v) is 5.03. The number of fused-ring (bicyclic) bond motifs is 1. The zero-order valence-electron chi connectivity index (χ0n) is 11.7. The van der Waals surface area contributed by atoms with Crippen LogP contribution in [0.3, 0.4) is 0 Å². The van der Waals surface area contributed by atoms with Crippen molar-refractivity contribution in [1.82, 2.24) is 14.7 Å². The van der Waals surface area contributed by atoms with E-state index in [0.29, 0.717) is 5.25 Å². The lowest BCUT2D eigenvalue weighted by Crippen LogP contribution is -2.19. The summed E-state index contributed by atoms with van der Waals surface area (Å²) in [6, 6.07) is 0. The molecule has 0 saturated heterocycles. The highest BCUT2D eigenvalue weighted by molar-refractivity contribution is 7.99. The summed E-state index contributed by atoms with van der Waals surface area (Å²) in [5, 5.41) is 7.25. The first-order valence-electron chi connectivity index (χ1n) is 6.57. The first-order chi connectivity index (χ1) is 9.26. The van der Waals surface area contributed by atoms with E-state index >= 15 is 0 Å². The molecule has 0 fully saturated rings. The summed E-state index contributed by atoms with van der Waals surface area (Å²) in [7, 11) is 1.72. The Morgan fingerprint density at radius 2 is 2.42 bits per heavy atom. The van der Waals surface area contributed by atoms with Crippen molar-refractivity contribution in [2.24, 2.45) is 0 Å². The number of imidazole rings is 1. The van der Waals surface area contributed by atoms with Crippen LogP contribution in [0.15, 0.2) is 16.6 Å². The predicted molar refractivity (Wildman–Crippen MR) is 82.3 cm³/mol. The number of hydrogen-bond donors (Lipinski definition) is 1. The standard InChI is InChI=1S/C13H21N3OS2/c1-4-10(2)19-12-11(9-14-5-7-17-3)16-6-8-18-13(16)15-12/h6,8,10,14H,4-5,7,9H2,1-3H3. The normalized spacial score (nSPS) is 13.2. The molecule has 0 bridgehead atoms. The zero-order valence-corrected chi connectivity index (χ0v) is 13.3. The topological polar surface area (TPSA) is 38.6 Å². The molecule has 2 aromatic rings. The summed E-state index contributed by atoms with van der Waals surface area (Å²) in [6.07, 6.45) is 3.26. The van der Waals surface area contributed by atoms with E-state index < -0.39 is 0 Å². The highest BCUT2D eigenvalue weighted by Gasteiger charge is 2.15. The van der Waals surface area contributed by atoms with Gasteiger partial charge in [0.2, 0.25) is 0 Å². The molecule has 0 aromatic carbocycles. The molecule has 0 aliphatic carbocycles. The SMILES string of the molecule is CCC(C)Sc1nc2sccn2c1CNCCOC. The number of nitrogens with zero attached hydrogens (tertiary/aromatic N) is 2. The van der Waals surface area contributed by atoms with Crippen molar-refractivity contribution in [2.45, 2.75) is 37.1 Å². The molecule has 4 nitrogen and oxygen atoms in total.